The number of rotatable bonds is 10. The van der Waals surface area contributed by atoms with Gasteiger partial charge < -0.3 is 30.1 Å². The highest BCUT2D eigenvalue weighted by atomic mass is 16.6. The molecule has 0 spiro atoms. The molecule has 0 saturated carbocycles. The van der Waals surface area contributed by atoms with Gasteiger partial charge in [0, 0.05) is 31.8 Å². The molecule has 1 aliphatic heterocycles. The van der Waals surface area contributed by atoms with Crippen molar-refractivity contribution in [2.45, 2.75) is 25.3 Å². The quantitative estimate of drug-likeness (QED) is 0.196. The van der Waals surface area contributed by atoms with E-state index in [0.717, 1.165) is 5.69 Å². The molecule has 1 unspecified atom stereocenters. The van der Waals surface area contributed by atoms with Crippen LogP contribution in [-0.2, 0) is 9.39 Å². The second-order valence-electron chi connectivity index (χ2n) is 6.78. The van der Waals surface area contributed by atoms with Gasteiger partial charge in [-0.3, -0.25) is 10.1 Å². The minimum absolute atomic E-state index is 0.0725. The number of nitrogens with two attached hydrogens (primary N) is 1. The molecule has 3 rings (SSSR count). The molecule has 0 aliphatic carbocycles. The SMILES string of the molecule is NC(CCCCOB(O)O)c1nnnn1-c1cc([N+](=O)[O-])ccc1N1CCOCC1. The summed E-state index contributed by atoms with van der Waals surface area (Å²) in [4.78, 5) is 12.9. The van der Waals surface area contributed by atoms with E-state index in [4.69, 9.17) is 20.5 Å². The van der Waals surface area contributed by atoms with Crippen LogP contribution in [0.3, 0.4) is 0 Å². The van der Waals surface area contributed by atoms with Crippen LogP contribution in [0.25, 0.3) is 5.69 Å². The number of tetrazole rings is 1. The molecule has 1 aromatic heterocycles. The van der Waals surface area contributed by atoms with Gasteiger partial charge in [-0.1, -0.05) is 0 Å². The van der Waals surface area contributed by atoms with E-state index in [2.05, 4.69) is 25.1 Å². The number of anilines is 1. The molecule has 1 fully saturated rings. The maximum atomic E-state index is 11.3. The Balaban J connectivity index is 1.82. The molecule has 1 saturated heterocycles. The second kappa shape index (κ2) is 10.4. The number of unbranched alkanes of at least 4 members (excludes halogenated alkanes) is 1. The lowest BCUT2D eigenvalue weighted by Crippen LogP contribution is -2.37. The maximum Gasteiger partial charge on any atom is 0.633 e. The molecule has 2 heterocycles. The smallest absolute Gasteiger partial charge is 0.402 e. The third kappa shape index (κ3) is 5.49. The summed E-state index contributed by atoms with van der Waals surface area (Å²) in [7, 11) is -1.79. The Morgan fingerprint density at radius 3 is 2.77 bits per heavy atom. The number of non-ortho nitro benzene ring substituents is 1. The van der Waals surface area contributed by atoms with Crippen molar-refractivity contribution in [3.8, 4) is 5.69 Å². The first-order valence-corrected chi connectivity index (χ1v) is 9.60. The van der Waals surface area contributed by atoms with Crippen LogP contribution in [0.2, 0.25) is 0 Å². The molecule has 4 N–H and O–H groups in total. The van der Waals surface area contributed by atoms with Crippen LogP contribution in [0.15, 0.2) is 18.2 Å². The van der Waals surface area contributed by atoms with E-state index >= 15 is 0 Å². The lowest BCUT2D eigenvalue weighted by atomic mass is 10.1. The molecule has 14 heteroatoms. The predicted octanol–water partition coefficient (Wildman–Crippen LogP) is -0.437. The average molecular weight is 421 g/mol. The van der Waals surface area contributed by atoms with Crippen molar-refractivity contribution in [1.29, 1.82) is 0 Å². The summed E-state index contributed by atoms with van der Waals surface area (Å²) in [6.45, 7) is 2.59. The highest BCUT2D eigenvalue weighted by Crippen LogP contribution is 2.30. The van der Waals surface area contributed by atoms with Crippen LogP contribution in [0.4, 0.5) is 11.4 Å². The third-order valence-electron chi connectivity index (χ3n) is 4.75. The van der Waals surface area contributed by atoms with Crippen LogP contribution < -0.4 is 10.6 Å². The molecular weight excluding hydrogens is 397 g/mol. The molecule has 30 heavy (non-hydrogen) atoms. The van der Waals surface area contributed by atoms with E-state index < -0.39 is 18.3 Å². The Hall–Kier alpha value is -2.65. The fourth-order valence-corrected chi connectivity index (χ4v) is 3.25. The Labute approximate surface area is 172 Å². The van der Waals surface area contributed by atoms with Crippen molar-refractivity contribution < 1.29 is 24.4 Å². The molecule has 1 atom stereocenters. The molecule has 0 amide bonds. The number of nitro benzene ring substituents is 1. The van der Waals surface area contributed by atoms with Crippen molar-refractivity contribution >= 4 is 18.7 Å². The van der Waals surface area contributed by atoms with Crippen molar-refractivity contribution in [3.63, 3.8) is 0 Å². The molecule has 162 valence electrons. The van der Waals surface area contributed by atoms with Crippen LogP contribution in [0, 0.1) is 10.1 Å². The highest BCUT2D eigenvalue weighted by Gasteiger charge is 2.24. The van der Waals surface area contributed by atoms with E-state index in [1.54, 1.807) is 6.07 Å². The summed E-state index contributed by atoms with van der Waals surface area (Å²) >= 11 is 0. The van der Waals surface area contributed by atoms with Gasteiger partial charge in [0.1, 0.15) is 0 Å². The zero-order valence-electron chi connectivity index (χ0n) is 16.3. The van der Waals surface area contributed by atoms with Crippen LogP contribution >= 0.6 is 0 Å². The van der Waals surface area contributed by atoms with Crippen molar-refractivity contribution in [2.75, 3.05) is 37.8 Å². The Kier molecular flexibility index (Phi) is 7.65. The number of aromatic nitrogens is 4. The lowest BCUT2D eigenvalue weighted by Gasteiger charge is -2.30. The van der Waals surface area contributed by atoms with Gasteiger partial charge in [-0.25, -0.2) is 0 Å². The van der Waals surface area contributed by atoms with Gasteiger partial charge in [0.15, 0.2) is 5.82 Å². The summed E-state index contributed by atoms with van der Waals surface area (Å²) in [6, 6.07) is 4.06. The summed E-state index contributed by atoms with van der Waals surface area (Å²) in [5.41, 5.74) is 7.44. The highest BCUT2D eigenvalue weighted by molar-refractivity contribution is 6.32. The molecule has 0 radical (unpaired) electrons. The van der Waals surface area contributed by atoms with Crippen LogP contribution in [-0.4, -0.2) is 75.4 Å². The number of morpholine rings is 1. The Morgan fingerprint density at radius 1 is 1.30 bits per heavy atom. The standard InChI is InChI=1S/C16H24BN7O6/c18-13(3-1-2-8-30-17(25)26)16-19-20-21-23(16)15-11-12(24(27)28)4-5-14(15)22-6-9-29-10-7-22/h4-5,11,13,25-26H,1-3,6-10,18H2. The Bertz CT molecular complexity index is 845. The number of nitro groups is 1. The summed E-state index contributed by atoms with van der Waals surface area (Å²) in [6.07, 6.45) is 1.74. The fourth-order valence-electron chi connectivity index (χ4n) is 3.25. The summed E-state index contributed by atoms with van der Waals surface area (Å²) < 4.78 is 11.5. The van der Waals surface area contributed by atoms with Gasteiger partial charge in [0.2, 0.25) is 0 Å². The minimum Gasteiger partial charge on any atom is -0.402 e. The zero-order chi connectivity index (χ0) is 21.5. The molecular formula is C16H24BN7O6. The summed E-state index contributed by atoms with van der Waals surface area (Å²) in [5, 5.41) is 40.5. The van der Waals surface area contributed by atoms with Gasteiger partial charge in [0.05, 0.1) is 35.6 Å². The largest absolute Gasteiger partial charge is 0.633 e. The van der Waals surface area contributed by atoms with Crippen molar-refractivity contribution in [2.24, 2.45) is 5.73 Å². The summed E-state index contributed by atoms with van der Waals surface area (Å²) in [5.74, 6) is 0.383. The first-order valence-electron chi connectivity index (χ1n) is 9.60. The molecule has 0 bridgehead atoms. The molecule has 13 nitrogen and oxygen atoms in total. The van der Waals surface area contributed by atoms with Crippen LogP contribution in [0.1, 0.15) is 31.1 Å². The van der Waals surface area contributed by atoms with E-state index in [0.29, 0.717) is 57.1 Å². The first-order chi connectivity index (χ1) is 14.5. The number of hydrogen-bond donors (Lipinski definition) is 3. The predicted molar refractivity (Wildman–Crippen MR) is 106 cm³/mol. The molecule has 1 aromatic carbocycles. The fraction of sp³-hybridized carbons (Fsp3) is 0.562. The normalized spacial score (nSPS) is 15.2. The van der Waals surface area contributed by atoms with Gasteiger partial charge in [0.25, 0.3) is 5.69 Å². The minimum atomic E-state index is -1.79. The van der Waals surface area contributed by atoms with E-state index in [1.165, 1.54) is 16.8 Å². The lowest BCUT2D eigenvalue weighted by molar-refractivity contribution is -0.384. The first kappa shape index (κ1) is 22.0. The Morgan fingerprint density at radius 2 is 2.07 bits per heavy atom. The monoisotopic (exact) mass is 421 g/mol. The second-order valence-corrected chi connectivity index (χ2v) is 6.78. The van der Waals surface area contributed by atoms with Gasteiger partial charge in [-0.2, -0.15) is 4.68 Å². The molecule has 2 aromatic rings. The third-order valence-corrected chi connectivity index (χ3v) is 4.75. The van der Waals surface area contributed by atoms with Crippen LogP contribution in [0.5, 0.6) is 0 Å². The van der Waals surface area contributed by atoms with E-state index in [9.17, 15) is 10.1 Å². The van der Waals surface area contributed by atoms with E-state index in [-0.39, 0.29) is 12.3 Å². The van der Waals surface area contributed by atoms with Gasteiger partial charge in [-0.05, 0) is 35.8 Å². The van der Waals surface area contributed by atoms with Crippen molar-refractivity contribution in [3.05, 3.63) is 34.1 Å². The van der Waals surface area contributed by atoms with Gasteiger partial charge >= 0.3 is 7.32 Å². The number of nitrogens with zero attached hydrogens (tertiary/aromatic N) is 6. The number of benzene rings is 1. The maximum absolute atomic E-state index is 11.3. The number of hydrogen-bond acceptors (Lipinski definition) is 11. The zero-order valence-corrected chi connectivity index (χ0v) is 16.3. The topological polar surface area (TPSA) is 175 Å². The molecule has 1 aliphatic rings. The van der Waals surface area contributed by atoms with E-state index in [1.807, 2.05) is 0 Å². The average Bonchev–Trinajstić information content (AvgIpc) is 3.23. The number of ether oxygens (including phenoxy) is 1. The van der Waals surface area contributed by atoms with Gasteiger partial charge in [-0.15, -0.1) is 5.10 Å². The van der Waals surface area contributed by atoms with Crippen molar-refractivity contribution in [1.82, 2.24) is 20.2 Å².